The van der Waals surface area contributed by atoms with Gasteiger partial charge in [0.15, 0.2) is 0 Å². The van der Waals surface area contributed by atoms with Crippen LogP contribution in [0.3, 0.4) is 0 Å². The normalized spacial score (nSPS) is 12.6. The molecule has 1 rings (SSSR count). The molecular weight excluding hydrogens is 342 g/mol. The zero-order valence-electron chi connectivity index (χ0n) is 15.6. The van der Waals surface area contributed by atoms with Crippen LogP contribution in [-0.4, -0.2) is 49.7 Å². The number of halogens is 1. The van der Waals surface area contributed by atoms with E-state index in [1.54, 1.807) is 20.8 Å². The van der Waals surface area contributed by atoms with Gasteiger partial charge in [-0.2, -0.15) is 0 Å². The number of carbonyl (C=O) groups is 2. The fourth-order valence-electron chi connectivity index (χ4n) is 2.21. The van der Waals surface area contributed by atoms with Crippen LogP contribution in [0.5, 0.6) is 0 Å². The Morgan fingerprint density at radius 1 is 1.20 bits per heavy atom. The molecule has 7 heteroatoms. The maximum Gasteiger partial charge on any atom is 0.407 e. The third kappa shape index (κ3) is 8.23. The summed E-state index contributed by atoms with van der Waals surface area (Å²) in [6, 6.07) is 7.55. The van der Waals surface area contributed by atoms with Crippen molar-refractivity contribution in [1.82, 2.24) is 15.5 Å². The minimum absolute atomic E-state index is 0.0311. The molecule has 140 valence electrons. The van der Waals surface area contributed by atoms with E-state index in [0.29, 0.717) is 11.6 Å². The molecule has 0 aliphatic rings. The Morgan fingerprint density at radius 2 is 1.84 bits per heavy atom. The molecule has 0 aliphatic carbocycles. The van der Waals surface area contributed by atoms with Crippen molar-refractivity contribution >= 4 is 23.6 Å². The molecule has 1 aromatic rings. The number of carbonyl (C=O) groups excluding carboxylic acids is 2. The van der Waals surface area contributed by atoms with Crippen LogP contribution < -0.4 is 10.6 Å². The summed E-state index contributed by atoms with van der Waals surface area (Å²) in [4.78, 5) is 25.5. The van der Waals surface area contributed by atoms with Crippen molar-refractivity contribution < 1.29 is 14.3 Å². The van der Waals surface area contributed by atoms with Gasteiger partial charge in [-0.15, -0.1) is 0 Å². The van der Waals surface area contributed by atoms with Gasteiger partial charge in [0, 0.05) is 24.5 Å². The summed E-state index contributed by atoms with van der Waals surface area (Å²) in [5.74, 6) is -0.144. The van der Waals surface area contributed by atoms with Crippen molar-refractivity contribution in [3.8, 4) is 0 Å². The molecule has 2 N–H and O–H groups in total. The summed E-state index contributed by atoms with van der Waals surface area (Å²) in [5, 5.41) is 6.12. The minimum Gasteiger partial charge on any atom is -0.444 e. The molecule has 25 heavy (non-hydrogen) atoms. The molecule has 6 nitrogen and oxygen atoms in total. The molecule has 0 aliphatic heterocycles. The van der Waals surface area contributed by atoms with Crippen LogP contribution in [0.1, 0.15) is 38.8 Å². The molecule has 1 atom stereocenters. The third-order valence-corrected chi connectivity index (χ3v) is 3.74. The number of nitrogens with zero attached hydrogens (tertiary/aromatic N) is 1. The molecule has 0 saturated carbocycles. The van der Waals surface area contributed by atoms with Crippen molar-refractivity contribution in [3.63, 3.8) is 0 Å². The highest BCUT2D eigenvalue weighted by molar-refractivity contribution is 6.31. The van der Waals surface area contributed by atoms with Crippen LogP contribution in [0.4, 0.5) is 4.79 Å². The van der Waals surface area contributed by atoms with Gasteiger partial charge >= 0.3 is 6.09 Å². The van der Waals surface area contributed by atoms with Crippen LogP contribution in [0.15, 0.2) is 24.3 Å². The lowest BCUT2D eigenvalue weighted by molar-refractivity contribution is -0.121. The minimum atomic E-state index is -0.555. The van der Waals surface area contributed by atoms with Crippen LogP contribution in [0.25, 0.3) is 0 Å². The lowest BCUT2D eigenvalue weighted by Gasteiger charge is -2.26. The van der Waals surface area contributed by atoms with E-state index >= 15 is 0 Å². The fourth-order valence-corrected chi connectivity index (χ4v) is 2.47. The zero-order valence-corrected chi connectivity index (χ0v) is 16.3. The van der Waals surface area contributed by atoms with Gasteiger partial charge < -0.3 is 20.3 Å². The average Bonchev–Trinajstić information content (AvgIpc) is 2.47. The lowest BCUT2D eigenvalue weighted by atomic mass is 10.1. The van der Waals surface area contributed by atoms with Gasteiger partial charge in [-0.3, -0.25) is 4.79 Å². The van der Waals surface area contributed by atoms with Crippen LogP contribution >= 0.6 is 11.6 Å². The van der Waals surface area contributed by atoms with Crippen LogP contribution in [0.2, 0.25) is 5.02 Å². The maximum absolute atomic E-state index is 12.0. The number of alkyl carbamates (subject to hydrolysis) is 1. The van der Waals surface area contributed by atoms with Gasteiger partial charge in [-0.25, -0.2) is 4.79 Å². The quantitative estimate of drug-likeness (QED) is 0.775. The van der Waals surface area contributed by atoms with Gasteiger partial charge in [-0.05, 0) is 46.5 Å². The summed E-state index contributed by atoms with van der Waals surface area (Å²) in [6.45, 7) is 6.02. The lowest BCUT2D eigenvalue weighted by Crippen LogP contribution is -2.37. The van der Waals surface area contributed by atoms with Crippen molar-refractivity contribution in [2.24, 2.45) is 0 Å². The molecule has 0 spiro atoms. The highest BCUT2D eigenvalue weighted by Gasteiger charge is 2.18. The fraction of sp³-hybridized carbons (Fsp3) is 0.556. The predicted octanol–water partition coefficient (Wildman–Crippen LogP) is 2.97. The van der Waals surface area contributed by atoms with Gasteiger partial charge in [0.05, 0.1) is 6.04 Å². The van der Waals surface area contributed by atoms with E-state index in [-0.39, 0.29) is 24.9 Å². The molecule has 2 amide bonds. The first-order chi connectivity index (χ1) is 11.6. The largest absolute Gasteiger partial charge is 0.444 e. The van der Waals surface area contributed by atoms with Crippen LogP contribution in [-0.2, 0) is 9.53 Å². The summed E-state index contributed by atoms with van der Waals surface area (Å²) >= 11 is 6.25. The smallest absolute Gasteiger partial charge is 0.407 e. The third-order valence-electron chi connectivity index (χ3n) is 3.40. The molecule has 0 saturated heterocycles. The highest BCUT2D eigenvalue weighted by atomic mass is 35.5. The second-order valence-corrected chi connectivity index (χ2v) is 7.39. The summed E-state index contributed by atoms with van der Waals surface area (Å²) in [5.41, 5.74) is 0.404. The van der Waals surface area contributed by atoms with Gasteiger partial charge in [-0.1, -0.05) is 29.8 Å². The van der Waals surface area contributed by atoms with E-state index < -0.39 is 11.7 Å². The summed E-state index contributed by atoms with van der Waals surface area (Å²) in [6.07, 6.45) is -0.343. The van der Waals surface area contributed by atoms with Gasteiger partial charge in [0.1, 0.15) is 5.60 Å². The maximum atomic E-state index is 12.0. The van der Waals surface area contributed by atoms with E-state index in [9.17, 15) is 9.59 Å². The van der Waals surface area contributed by atoms with Crippen molar-refractivity contribution in [2.45, 2.75) is 38.8 Å². The monoisotopic (exact) mass is 369 g/mol. The van der Waals surface area contributed by atoms with E-state index in [0.717, 1.165) is 5.56 Å². The topological polar surface area (TPSA) is 70.7 Å². The number of amides is 2. The van der Waals surface area contributed by atoms with Crippen molar-refractivity contribution in [1.29, 1.82) is 0 Å². The number of nitrogens with one attached hydrogen (secondary N) is 2. The first kappa shape index (κ1) is 21.3. The Bertz CT molecular complexity index is 585. The first-order valence-corrected chi connectivity index (χ1v) is 8.62. The molecule has 0 radical (unpaired) electrons. The molecule has 0 bridgehead atoms. The number of hydrogen-bond donors (Lipinski definition) is 2. The highest BCUT2D eigenvalue weighted by Crippen LogP contribution is 2.25. The summed E-state index contributed by atoms with van der Waals surface area (Å²) < 4.78 is 5.12. The van der Waals surface area contributed by atoms with Crippen LogP contribution in [0, 0.1) is 0 Å². The summed E-state index contributed by atoms with van der Waals surface area (Å²) in [7, 11) is 3.87. The Morgan fingerprint density at radius 3 is 2.40 bits per heavy atom. The Labute approximate surface area is 154 Å². The Hall–Kier alpha value is -1.79. The Kier molecular flexibility index (Phi) is 8.19. The number of likely N-dealkylation sites (N-methyl/N-ethyl adjacent to an activating group) is 1. The molecule has 0 aromatic heterocycles. The predicted molar refractivity (Wildman–Crippen MR) is 99.7 cm³/mol. The van der Waals surface area contributed by atoms with Crippen molar-refractivity contribution in [3.05, 3.63) is 34.9 Å². The van der Waals surface area contributed by atoms with E-state index in [1.165, 1.54) is 0 Å². The standard InChI is InChI=1S/C18H28ClN3O3/c1-18(2,3)25-17(24)20-11-10-16(23)21-12-15(22(4)5)13-8-6-7-9-14(13)19/h6-9,15H,10-12H2,1-5H3,(H,20,24)(H,21,23). The molecule has 1 aromatic carbocycles. The van der Waals surface area contributed by atoms with Gasteiger partial charge in [0.25, 0.3) is 0 Å². The number of ether oxygens (including phenoxy) is 1. The first-order valence-electron chi connectivity index (χ1n) is 8.24. The van der Waals surface area contributed by atoms with Crippen molar-refractivity contribution in [2.75, 3.05) is 27.2 Å². The number of hydrogen-bond acceptors (Lipinski definition) is 4. The molecule has 0 heterocycles. The molecule has 0 fully saturated rings. The zero-order chi connectivity index (χ0) is 19.0. The SMILES string of the molecule is CN(C)C(CNC(=O)CCNC(=O)OC(C)(C)C)c1ccccc1Cl. The average molecular weight is 370 g/mol. The van der Waals surface area contributed by atoms with Gasteiger partial charge in [0.2, 0.25) is 5.91 Å². The van der Waals surface area contributed by atoms with E-state index in [2.05, 4.69) is 10.6 Å². The number of rotatable bonds is 7. The second kappa shape index (κ2) is 9.63. The molecule has 1 unspecified atom stereocenters. The molecular formula is C18H28ClN3O3. The Balaban J connectivity index is 2.44. The number of benzene rings is 1. The second-order valence-electron chi connectivity index (χ2n) is 6.98. The van der Waals surface area contributed by atoms with E-state index in [4.69, 9.17) is 16.3 Å². The van der Waals surface area contributed by atoms with E-state index in [1.807, 2.05) is 43.3 Å².